The highest BCUT2D eigenvalue weighted by Crippen LogP contribution is 2.14. The highest BCUT2D eigenvalue weighted by atomic mass is 35.5. The van der Waals surface area contributed by atoms with Gasteiger partial charge in [-0.05, 0) is 42.8 Å². The molecule has 0 radical (unpaired) electrons. The van der Waals surface area contributed by atoms with Crippen LogP contribution in [0.2, 0.25) is 5.02 Å². The van der Waals surface area contributed by atoms with Gasteiger partial charge in [0.15, 0.2) is 5.65 Å². The van der Waals surface area contributed by atoms with E-state index in [0.717, 1.165) is 0 Å². The third-order valence-electron chi connectivity index (χ3n) is 5.26. The number of fused-ring (bicyclic) bond motifs is 1. The molecule has 1 aliphatic heterocycles. The summed E-state index contributed by atoms with van der Waals surface area (Å²) in [5.41, 5.74) is 0.964. The molecule has 1 N–H and O–H groups in total. The topological polar surface area (TPSA) is 92.0 Å². The lowest BCUT2D eigenvalue weighted by Gasteiger charge is -2.22. The molecule has 1 saturated heterocycles. The van der Waals surface area contributed by atoms with Gasteiger partial charge in [0.25, 0.3) is 0 Å². The third-order valence-corrected chi connectivity index (χ3v) is 5.51. The first-order chi connectivity index (χ1) is 15.0. The molecule has 10 heteroatoms. The zero-order valence-corrected chi connectivity index (χ0v) is 17.7. The third kappa shape index (κ3) is 4.88. The van der Waals surface area contributed by atoms with Crippen molar-refractivity contribution in [1.82, 2.24) is 24.0 Å². The normalized spacial score (nSPS) is 14.5. The van der Waals surface area contributed by atoms with Crippen LogP contribution in [0, 0.1) is 0 Å². The van der Waals surface area contributed by atoms with Crippen LogP contribution < -0.4 is 11.0 Å². The fourth-order valence-corrected chi connectivity index (χ4v) is 3.71. The number of anilines is 1. The minimum atomic E-state index is -0.260. The second-order valence-corrected chi connectivity index (χ2v) is 7.78. The second kappa shape index (κ2) is 9.22. The Morgan fingerprint density at radius 2 is 1.74 bits per heavy atom. The Balaban J connectivity index is 1.31. The predicted octanol–water partition coefficient (Wildman–Crippen LogP) is 2.31. The number of amides is 3. The van der Waals surface area contributed by atoms with Gasteiger partial charge in [0.1, 0.15) is 0 Å². The summed E-state index contributed by atoms with van der Waals surface area (Å²) in [4.78, 5) is 41.0. The average Bonchev–Trinajstić information content (AvgIpc) is 2.93. The van der Waals surface area contributed by atoms with E-state index in [1.807, 2.05) is 6.07 Å². The summed E-state index contributed by atoms with van der Waals surface area (Å²) >= 11 is 5.87. The molecule has 0 spiro atoms. The second-order valence-electron chi connectivity index (χ2n) is 7.34. The van der Waals surface area contributed by atoms with Crippen molar-refractivity contribution in [2.24, 2.45) is 0 Å². The van der Waals surface area contributed by atoms with Gasteiger partial charge < -0.3 is 15.1 Å². The van der Waals surface area contributed by atoms with E-state index in [0.29, 0.717) is 49.0 Å². The Morgan fingerprint density at radius 3 is 2.52 bits per heavy atom. The number of carbonyl (C=O) groups excluding carboxylic acids is 2. The van der Waals surface area contributed by atoms with E-state index in [4.69, 9.17) is 11.6 Å². The van der Waals surface area contributed by atoms with Crippen molar-refractivity contribution in [1.29, 1.82) is 0 Å². The molecule has 0 atom stereocenters. The van der Waals surface area contributed by atoms with Crippen LogP contribution in [0.5, 0.6) is 0 Å². The van der Waals surface area contributed by atoms with Gasteiger partial charge >= 0.3 is 11.7 Å². The summed E-state index contributed by atoms with van der Waals surface area (Å²) in [6, 6.07) is 12.0. The number of pyridine rings is 1. The van der Waals surface area contributed by atoms with Crippen molar-refractivity contribution in [2.45, 2.75) is 19.4 Å². The summed E-state index contributed by atoms with van der Waals surface area (Å²) in [5, 5.41) is 7.71. The molecule has 2 aromatic heterocycles. The minimum absolute atomic E-state index is 0.0519. The molecule has 3 aromatic rings. The van der Waals surface area contributed by atoms with Gasteiger partial charge in [0.2, 0.25) is 5.91 Å². The number of halogens is 1. The summed E-state index contributed by atoms with van der Waals surface area (Å²) in [6.45, 7) is 2.25. The number of carbonyl (C=O) groups is 2. The Morgan fingerprint density at radius 1 is 1.00 bits per heavy atom. The maximum absolute atomic E-state index is 12.7. The number of urea groups is 1. The first-order valence-electron chi connectivity index (χ1n) is 10.1. The molecular weight excluding hydrogens is 420 g/mol. The van der Waals surface area contributed by atoms with Gasteiger partial charge in [-0.2, -0.15) is 0 Å². The van der Waals surface area contributed by atoms with E-state index in [2.05, 4.69) is 10.4 Å². The van der Waals surface area contributed by atoms with Crippen molar-refractivity contribution < 1.29 is 9.59 Å². The SMILES string of the molecule is O=C(CCn1nc2ccccn2c1=O)N1CCCN(C(=O)Nc2ccc(Cl)cc2)CC1. The summed E-state index contributed by atoms with van der Waals surface area (Å²) in [6.07, 6.45) is 2.52. The fraction of sp³-hybridized carbons (Fsp3) is 0.333. The lowest BCUT2D eigenvalue weighted by Crippen LogP contribution is -2.39. The van der Waals surface area contributed by atoms with Gasteiger partial charge in [0, 0.05) is 49.5 Å². The first-order valence-corrected chi connectivity index (χ1v) is 10.5. The Kier molecular flexibility index (Phi) is 6.22. The van der Waals surface area contributed by atoms with E-state index >= 15 is 0 Å². The molecule has 1 fully saturated rings. The van der Waals surface area contributed by atoms with Crippen LogP contribution >= 0.6 is 11.6 Å². The number of aromatic nitrogens is 3. The zero-order valence-electron chi connectivity index (χ0n) is 16.9. The molecule has 0 unspecified atom stereocenters. The monoisotopic (exact) mass is 442 g/mol. The minimum Gasteiger partial charge on any atom is -0.341 e. The number of hydrogen-bond acceptors (Lipinski definition) is 4. The van der Waals surface area contributed by atoms with Gasteiger partial charge in [-0.15, -0.1) is 5.10 Å². The first kappa shape index (κ1) is 20.9. The van der Waals surface area contributed by atoms with Gasteiger partial charge in [-0.1, -0.05) is 17.7 Å². The Labute approximate surface area is 183 Å². The average molecular weight is 443 g/mol. The number of hydrogen-bond donors (Lipinski definition) is 1. The van der Waals surface area contributed by atoms with E-state index in [1.165, 1.54) is 9.08 Å². The molecule has 9 nitrogen and oxygen atoms in total. The number of aryl methyl sites for hydroxylation is 1. The molecule has 1 aromatic carbocycles. The molecule has 1 aliphatic rings. The summed E-state index contributed by atoms with van der Waals surface area (Å²) < 4.78 is 2.77. The quantitative estimate of drug-likeness (QED) is 0.671. The maximum Gasteiger partial charge on any atom is 0.350 e. The van der Waals surface area contributed by atoms with Gasteiger partial charge in [0.05, 0.1) is 6.54 Å². The lowest BCUT2D eigenvalue weighted by molar-refractivity contribution is -0.131. The predicted molar refractivity (Wildman–Crippen MR) is 117 cm³/mol. The van der Waals surface area contributed by atoms with E-state index < -0.39 is 0 Å². The molecular formula is C21H23ClN6O3. The number of benzene rings is 1. The molecule has 0 bridgehead atoms. The van der Waals surface area contributed by atoms with Crippen LogP contribution in [0.1, 0.15) is 12.8 Å². The van der Waals surface area contributed by atoms with Crippen LogP contribution in [0.4, 0.5) is 10.5 Å². The lowest BCUT2D eigenvalue weighted by atomic mass is 10.3. The van der Waals surface area contributed by atoms with Crippen molar-refractivity contribution in [3.05, 3.63) is 64.2 Å². The highest BCUT2D eigenvalue weighted by Gasteiger charge is 2.22. The van der Waals surface area contributed by atoms with Crippen LogP contribution in [-0.4, -0.2) is 62.1 Å². The molecule has 3 amide bonds. The van der Waals surface area contributed by atoms with Gasteiger partial charge in [-0.3, -0.25) is 9.20 Å². The number of rotatable bonds is 4. The molecule has 0 aliphatic carbocycles. The van der Waals surface area contributed by atoms with Crippen LogP contribution in [-0.2, 0) is 11.3 Å². The molecule has 0 saturated carbocycles. The van der Waals surface area contributed by atoms with E-state index in [-0.39, 0.29) is 30.6 Å². The Bertz CT molecular complexity index is 1140. The van der Waals surface area contributed by atoms with E-state index in [1.54, 1.807) is 52.4 Å². The summed E-state index contributed by atoms with van der Waals surface area (Å²) in [5.74, 6) is -0.0519. The van der Waals surface area contributed by atoms with Crippen molar-refractivity contribution >= 4 is 34.9 Å². The maximum atomic E-state index is 12.7. The van der Waals surface area contributed by atoms with Crippen molar-refractivity contribution in [2.75, 3.05) is 31.5 Å². The van der Waals surface area contributed by atoms with Crippen LogP contribution in [0.3, 0.4) is 0 Å². The largest absolute Gasteiger partial charge is 0.350 e. The van der Waals surface area contributed by atoms with E-state index in [9.17, 15) is 14.4 Å². The highest BCUT2D eigenvalue weighted by molar-refractivity contribution is 6.30. The zero-order chi connectivity index (χ0) is 21.8. The Hall–Kier alpha value is -3.33. The van der Waals surface area contributed by atoms with Crippen LogP contribution in [0.25, 0.3) is 5.65 Å². The fourth-order valence-electron chi connectivity index (χ4n) is 3.58. The van der Waals surface area contributed by atoms with Crippen molar-refractivity contribution in [3.8, 4) is 0 Å². The number of nitrogens with one attached hydrogen (secondary N) is 1. The molecule has 31 heavy (non-hydrogen) atoms. The van der Waals surface area contributed by atoms with Crippen LogP contribution in [0.15, 0.2) is 53.5 Å². The number of nitrogens with zero attached hydrogens (tertiary/aromatic N) is 5. The molecule has 3 heterocycles. The van der Waals surface area contributed by atoms with Crippen molar-refractivity contribution in [3.63, 3.8) is 0 Å². The van der Waals surface area contributed by atoms with Gasteiger partial charge in [-0.25, -0.2) is 14.3 Å². The smallest absolute Gasteiger partial charge is 0.341 e. The standard InChI is InChI=1S/C21H23ClN6O3/c22-16-5-7-17(8-6-16)23-20(30)26-11-3-10-25(14-15-26)19(29)9-13-28-21(31)27-12-2-1-4-18(27)24-28/h1-2,4-8,12H,3,9-11,13-15H2,(H,23,30). The molecule has 162 valence electrons. The summed E-state index contributed by atoms with van der Waals surface area (Å²) in [7, 11) is 0. The molecule has 4 rings (SSSR count).